The molecule has 0 aliphatic heterocycles. The zero-order chi connectivity index (χ0) is 9.84. The van der Waals surface area contributed by atoms with Crippen molar-refractivity contribution < 1.29 is 0 Å². The van der Waals surface area contributed by atoms with Gasteiger partial charge in [0.15, 0.2) is 0 Å². The minimum absolute atomic E-state index is 0.474. The third kappa shape index (κ3) is 3.06. The van der Waals surface area contributed by atoms with Crippen molar-refractivity contribution in [3.05, 3.63) is 21.8 Å². The minimum atomic E-state index is 0.474. The largest absolute Gasteiger partial charge is 0.397 e. The predicted molar refractivity (Wildman–Crippen MR) is 66.9 cm³/mol. The van der Waals surface area contributed by atoms with E-state index in [0.717, 1.165) is 17.8 Å². The van der Waals surface area contributed by atoms with Crippen LogP contribution >= 0.6 is 22.6 Å². The standard InChI is InChI=1S/C10H15IN2/c1-3-7(2)13-10-5-4-8(11)6-9(10)12/h4-7,13H,3,12H2,1-2H3. The van der Waals surface area contributed by atoms with Crippen LogP contribution in [-0.2, 0) is 0 Å². The van der Waals surface area contributed by atoms with E-state index in [0.29, 0.717) is 6.04 Å². The Bertz CT molecular complexity index is 286. The molecule has 3 N–H and O–H groups in total. The number of nitrogen functional groups attached to an aromatic ring is 1. The van der Waals surface area contributed by atoms with E-state index < -0.39 is 0 Å². The summed E-state index contributed by atoms with van der Waals surface area (Å²) in [6.45, 7) is 4.30. The molecule has 1 unspecified atom stereocenters. The zero-order valence-corrected chi connectivity index (χ0v) is 10.1. The van der Waals surface area contributed by atoms with Gasteiger partial charge in [-0.05, 0) is 54.1 Å². The Morgan fingerprint density at radius 1 is 1.54 bits per heavy atom. The van der Waals surface area contributed by atoms with Gasteiger partial charge in [-0.2, -0.15) is 0 Å². The molecular weight excluding hydrogens is 275 g/mol. The molecule has 0 saturated carbocycles. The van der Waals surface area contributed by atoms with E-state index >= 15 is 0 Å². The Morgan fingerprint density at radius 2 is 2.23 bits per heavy atom. The topological polar surface area (TPSA) is 38.0 Å². The van der Waals surface area contributed by atoms with E-state index in [9.17, 15) is 0 Å². The van der Waals surface area contributed by atoms with Gasteiger partial charge in [-0.3, -0.25) is 0 Å². The fraction of sp³-hybridized carbons (Fsp3) is 0.400. The Balaban J connectivity index is 2.77. The van der Waals surface area contributed by atoms with Crippen LogP contribution in [0.1, 0.15) is 20.3 Å². The molecule has 0 aliphatic carbocycles. The fourth-order valence-electron chi connectivity index (χ4n) is 1.03. The Kier molecular flexibility index (Phi) is 3.84. The van der Waals surface area contributed by atoms with Crippen LogP contribution in [0, 0.1) is 3.57 Å². The van der Waals surface area contributed by atoms with E-state index in [-0.39, 0.29) is 0 Å². The second-order valence-corrected chi connectivity index (χ2v) is 4.43. The van der Waals surface area contributed by atoms with E-state index in [1.54, 1.807) is 0 Å². The van der Waals surface area contributed by atoms with Crippen molar-refractivity contribution in [2.45, 2.75) is 26.3 Å². The molecule has 0 saturated heterocycles. The molecule has 0 amide bonds. The Hall–Kier alpha value is -0.450. The van der Waals surface area contributed by atoms with Crippen LogP contribution in [0.2, 0.25) is 0 Å². The van der Waals surface area contributed by atoms with Crippen molar-refractivity contribution in [2.75, 3.05) is 11.1 Å². The van der Waals surface area contributed by atoms with Crippen molar-refractivity contribution in [1.29, 1.82) is 0 Å². The first-order valence-corrected chi connectivity index (χ1v) is 5.53. The highest BCUT2D eigenvalue weighted by molar-refractivity contribution is 14.1. The smallest absolute Gasteiger partial charge is 0.0576 e. The van der Waals surface area contributed by atoms with Crippen LogP contribution in [0.25, 0.3) is 0 Å². The highest BCUT2D eigenvalue weighted by Gasteiger charge is 2.02. The molecule has 3 heteroatoms. The molecular formula is C10H15IN2. The van der Waals surface area contributed by atoms with Crippen LogP contribution in [0.4, 0.5) is 11.4 Å². The number of halogens is 1. The van der Waals surface area contributed by atoms with Crippen LogP contribution in [0.3, 0.4) is 0 Å². The van der Waals surface area contributed by atoms with Gasteiger partial charge in [0.2, 0.25) is 0 Å². The number of hydrogen-bond acceptors (Lipinski definition) is 2. The van der Waals surface area contributed by atoms with Gasteiger partial charge in [-0.15, -0.1) is 0 Å². The molecule has 1 aromatic carbocycles. The molecule has 0 radical (unpaired) electrons. The molecule has 1 atom stereocenters. The molecule has 0 heterocycles. The number of nitrogens with two attached hydrogens (primary N) is 1. The van der Waals surface area contributed by atoms with Gasteiger partial charge in [0.1, 0.15) is 0 Å². The third-order valence-electron chi connectivity index (χ3n) is 2.03. The van der Waals surface area contributed by atoms with Gasteiger partial charge < -0.3 is 11.1 Å². The van der Waals surface area contributed by atoms with Crippen LogP contribution in [-0.4, -0.2) is 6.04 Å². The van der Waals surface area contributed by atoms with Crippen molar-refractivity contribution in [1.82, 2.24) is 0 Å². The average molecular weight is 290 g/mol. The van der Waals surface area contributed by atoms with E-state index in [4.69, 9.17) is 5.73 Å². The lowest BCUT2D eigenvalue weighted by Gasteiger charge is -2.14. The van der Waals surface area contributed by atoms with E-state index in [2.05, 4.69) is 47.8 Å². The molecule has 0 bridgehead atoms. The Labute approximate surface area is 93.0 Å². The molecule has 13 heavy (non-hydrogen) atoms. The Morgan fingerprint density at radius 3 is 2.77 bits per heavy atom. The molecule has 0 spiro atoms. The lowest BCUT2D eigenvalue weighted by Crippen LogP contribution is -2.14. The van der Waals surface area contributed by atoms with Crippen molar-refractivity contribution in [3.63, 3.8) is 0 Å². The summed E-state index contributed by atoms with van der Waals surface area (Å²) in [5.74, 6) is 0. The highest BCUT2D eigenvalue weighted by Crippen LogP contribution is 2.21. The maximum absolute atomic E-state index is 5.86. The number of hydrogen-bond donors (Lipinski definition) is 2. The summed E-state index contributed by atoms with van der Waals surface area (Å²) in [4.78, 5) is 0. The molecule has 1 rings (SSSR count). The second-order valence-electron chi connectivity index (χ2n) is 3.19. The molecule has 72 valence electrons. The van der Waals surface area contributed by atoms with Crippen LogP contribution in [0.15, 0.2) is 18.2 Å². The summed E-state index contributed by atoms with van der Waals surface area (Å²) in [6.07, 6.45) is 1.10. The first kappa shape index (κ1) is 10.6. The molecule has 0 aromatic heterocycles. The van der Waals surface area contributed by atoms with Gasteiger partial charge in [0.25, 0.3) is 0 Å². The fourth-order valence-corrected chi connectivity index (χ4v) is 1.55. The van der Waals surface area contributed by atoms with Crippen molar-refractivity contribution in [3.8, 4) is 0 Å². The number of nitrogens with one attached hydrogen (secondary N) is 1. The maximum atomic E-state index is 5.86. The maximum Gasteiger partial charge on any atom is 0.0576 e. The van der Waals surface area contributed by atoms with Gasteiger partial charge >= 0.3 is 0 Å². The number of rotatable bonds is 3. The molecule has 2 nitrogen and oxygen atoms in total. The molecule has 0 aliphatic rings. The number of anilines is 2. The SMILES string of the molecule is CCC(C)Nc1ccc(I)cc1N. The number of benzene rings is 1. The predicted octanol–water partition coefficient (Wildman–Crippen LogP) is 3.08. The van der Waals surface area contributed by atoms with Gasteiger partial charge in [0.05, 0.1) is 11.4 Å². The summed E-state index contributed by atoms with van der Waals surface area (Å²) in [7, 11) is 0. The minimum Gasteiger partial charge on any atom is -0.397 e. The quantitative estimate of drug-likeness (QED) is 0.663. The normalized spacial score (nSPS) is 12.5. The summed E-state index contributed by atoms with van der Waals surface area (Å²) in [5.41, 5.74) is 7.72. The zero-order valence-electron chi connectivity index (χ0n) is 7.97. The summed E-state index contributed by atoms with van der Waals surface area (Å²) >= 11 is 2.26. The van der Waals surface area contributed by atoms with Crippen molar-refractivity contribution >= 4 is 34.0 Å². The third-order valence-corrected chi connectivity index (χ3v) is 2.70. The summed E-state index contributed by atoms with van der Waals surface area (Å²) < 4.78 is 1.17. The summed E-state index contributed by atoms with van der Waals surface area (Å²) in [6, 6.07) is 6.54. The second kappa shape index (κ2) is 4.69. The van der Waals surface area contributed by atoms with E-state index in [1.165, 1.54) is 3.57 Å². The van der Waals surface area contributed by atoms with Crippen molar-refractivity contribution in [2.24, 2.45) is 0 Å². The monoisotopic (exact) mass is 290 g/mol. The van der Waals surface area contributed by atoms with Crippen LogP contribution < -0.4 is 11.1 Å². The van der Waals surface area contributed by atoms with Gasteiger partial charge in [-0.1, -0.05) is 6.92 Å². The van der Waals surface area contributed by atoms with Crippen LogP contribution in [0.5, 0.6) is 0 Å². The molecule has 0 fully saturated rings. The van der Waals surface area contributed by atoms with Gasteiger partial charge in [-0.25, -0.2) is 0 Å². The highest BCUT2D eigenvalue weighted by atomic mass is 127. The van der Waals surface area contributed by atoms with E-state index in [1.807, 2.05) is 12.1 Å². The molecule has 1 aromatic rings. The van der Waals surface area contributed by atoms with Gasteiger partial charge in [0, 0.05) is 9.61 Å². The lowest BCUT2D eigenvalue weighted by molar-refractivity contribution is 0.764. The first-order chi connectivity index (χ1) is 6.13. The first-order valence-electron chi connectivity index (χ1n) is 4.45. The average Bonchev–Trinajstić information content (AvgIpc) is 2.09. The summed E-state index contributed by atoms with van der Waals surface area (Å²) in [5, 5.41) is 3.36. The lowest BCUT2D eigenvalue weighted by atomic mass is 10.2.